The van der Waals surface area contributed by atoms with Crippen molar-refractivity contribution in [2.24, 2.45) is 0 Å². The molecule has 2 amide bonds. The SMILES string of the molecule is COc1ccc(C2CC(=O)N(CCCN3CCN(c4cccc(C)c4)CC3)C(=O)C2)cc1. The lowest BCUT2D eigenvalue weighted by atomic mass is 9.88. The Bertz CT molecular complexity index is 918. The number of amides is 2. The second kappa shape index (κ2) is 10.2. The largest absolute Gasteiger partial charge is 0.497 e. The molecule has 0 spiro atoms. The molecule has 2 aliphatic heterocycles. The minimum atomic E-state index is -0.0497. The average Bonchev–Trinajstić information content (AvgIpc) is 2.81. The highest BCUT2D eigenvalue weighted by atomic mass is 16.5. The van der Waals surface area contributed by atoms with Gasteiger partial charge in [-0.2, -0.15) is 0 Å². The van der Waals surface area contributed by atoms with E-state index in [0.29, 0.717) is 19.4 Å². The Morgan fingerprint density at radius 2 is 1.59 bits per heavy atom. The molecule has 0 radical (unpaired) electrons. The molecule has 0 unspecified atom stereocenters. The van der Waals surface area contributed by atoms with Gasteiger partial charge in [-0.05, 0) is 55.3 Å². The summed E-state index contributed by atoms with van der Waals surface area (Å²) >= 11 is 0. The molecule has 32 heavy (non-hydrogen) atoms. The van der Waals surface area contributed by atoms with Gasteiger partial charge in [-0.25, -0.2) is 0 Å². The third kappa shape index (κ3) is 5.30. The molecule has 2 aromatic rings. The van der Waals surface area contributed by atoms with Crippen LogP contribution in [0, 0.1) is 6.92 Å². The molecule has 0 aromatic heterocycles. The summed E-state index contributed by atoms with van der Waals surface area (Å²) in [6.07, 6.45) is 1.62. The number of benzene rings is 2. The predicted molar refractivity (Wildman–Crippen MR) is 126 cm³/mol. The Labute approximate surface area is 190 Å². The van der Waals surface area contributed by atoms with E-state index >= 15 is 0 Å². The number of carbonyl (C=O) groups excluding carboxylic acids is 2. The molecular weight excluding hydrogens is 402 g/mol. The molecule has 2 fully saturated rings. The van der Waals surface area contributed by atoms with Gasteiger partial charge in [-0.3, -0.25) is 19.4 Å². The van der Waals surface area contributed by atoms with Gasteiger partial charge in [0, 0.05) is 57.2 Å². The molecule has 2 aromatic carbocycles. The van der Waals surface area contributed by atoms with Crippen LogP contribution in [0.5, 0.6) is 5.75 Å². The predicted octanol–water partition coefficient (Wildman–Crippen LogP) is 3.45. The number of nitrogens with zero attached hydrogens (tertiary/aromatic N) is 3. The van der Waals surface area contributed by atoms with Gasteiger partial charge in [0.1, 0.15) is 5.75 Å². The number of rotatable bonds is 7. The van der Waals surface area contributed by atoms with E-state index in [4.69, 9.17) is 4.74 Å². The number of likely N-dealkylation sites (tertiary alicyclic amines) is 1. The molecule has 2 aliphatic rings. The van der Waals surface area contributed by atoms with Crippen LogP contribution in [-0.4, -0.2) is 68.0 Å². The number of piperazine rings is 1. The first-order valence-electron chi connectivity index (χ1n) is 11.5. The summed E-state index contributed by atoms with van der Waals surface area (Å²) in [6.45, 7) is 7.60. The van der Waals surface area contributed by atoms with E-state index < -0.39 is 0 Å². The molecule has 6 heteroatoms. The van der Waals surface area contributed by atoms with Crippen LogP contribution in [0.15, 0.2) is 48.5 Å². The number of piperidine rings is 1. The molecule has 6 nitrogen and oxygen atoms in total. The first-order chi connectivity index (χ1) is 15.5. The van der Waals surface area contributed by atoms with Gasteiger partial charge >= 0.3 is 0 Å². The van der Waals surface area contributed by atoms with E-state index in [1.54, 1.807) is 7.11 Å². The van der Waals surface area contributed by atoms with Crippen molar-refractivity contribution in [1.29, 1.82) is 0 Å². The lowest BCUT2D eigenvalue weighted by molar-refractivity contribution is -0.148. The van der Waals surface area contributed by atoms with E-state index in [9.17, 15) is 9.59 Å². The number of methoxy groups -OCH3 is 1. The second-order valence-electron chi connectivity index (χ2n) is 8.84. The summed E-state index contributed by atoms with van der Waals surface area (Å²) in [5.41, 5.74) is 3.61. The topological polar surface area (TPSA) is 53.1 Å². The average molecular weight is 436 g/mol. The van der Waals surface area contributed by atoms with Crippen molar-refractivity contribution < 1.29 is 14.3 Å². The Kier molecular flexibility index (Phi) is 7.10. The highest BCUT2D eigenvalue weighted by Gasteiger charge is 2.33. The Morgan fingerprint density at radius 1 is 0.906 bits per heavy atom. The summed E-state index contributed by atoms with van der Waals surface area (Å²) in [5.74, 6) is 0.646. The minimum absolute atomic E-state index is 0.0353. The number of aryl methyl sites for hydroxylation is 1. The van der Waals surface area contributed by atoms with E-state index in [-0.39, 0.29) is 17.7 Å². The molecule has 0 aliphatic carbocycles. The van der Waals surface area contributed by atoms with Crippen molar-refractivity contribution in [3.05, 3.63) is 59.7 Å². The van der Waals surface area contributed by atoms with Crippen molar-refractivity contribution in [3.63, 3.8) is 0 Å². The summed E-state index contributed by atoms with van der Waals surface area (Å²) in [5, 5.41) is 0. The fourth-order valence-corrected chi connectivity index (χ4v) is 4.72. The fraction of sp³-hybridized carbons (Fsp3) is 0.462. The van der Waals surface area contributed by atoms with E-state index in [0.717, 1.165) is 50.5 Å². The molecule has 4 rings (SSSR count). The molecule has 0 N–H and O–H groups in total. The van der Waals surface area contributed by atoms with Crippen LogP contribution in [-0.2, 0) is 9.59 Å². The van der Waals surface area contributed by atoms with Crippen molar-refractivity contribution in [3.8, 4) is 5.75 Å². The van der Waals surface area contributed by atoms with Crippen molar-refractivity contribution in [1.82, 2.24) is 9.80 Å². The van der Waals surface area contributed by atoms with Gasteiger partial charge in [0.25, 0.3) is 0 Å². The van der Waals surface area contributed by atoms with Crippen LogP contribution in [0.1, 0.15) is 36.3 Å². The molecule has 2 heterocycles. The van der Waals surface area contributed by atoms with Gasteiger partial charge in [0.2, 0.25) is 11.8 Å². The van der Waals surface area contributed by atoms with Crippen LogP contribution in [0.3, 0.4) is 0 Å². The molecular formula is C26H33N3O3. The van der Waals surface area contributed by atoms with Gasteiger partial charge in [0.05, 0.1) is 7.11 Å². The Balaban J connectivity index is 1.22. The third-order valence-corrected chi connectivity index (χ3v) is 6.63. The van der Waals surface area contributed by atoms with Crippen LogP contribution in [0.2, 0.25) is 0 Å². The van der Waals surface area contributed by atoms with Crippen molar-refractivity contribution in [2.45, 2.75) is 32.1 Å². The number of carbonyl (C=O) groups is 2. The minimum Gasteiger partial charge on any atom is -0.497 e. The number of ether oxygens (including phenoxy) is 1. The standard InChI is InChI=1S/C26H33N3O3/c1-20-5-3-6-23(17-20)28-15-13-27(14-16-28)11-4-12-29-25(30)18-22(19-26(29)31)21-7-9-24(32-2)10-8-21/h3,5-10,17,22H,4,11-16,18-19H2,1-2H3. The molecule has 0 saturated carbocycles. The number of anilines is 1. The monoisotopic (exact) mass is 435 g/mol. The highest BCUT2D eigenvalue weighted by molar-refractivity contribution is 5.98. The Hall–Kier alpha value is -2.86. The van der Waals surface area contributed by atoms with Crippen LogP contribution < -0.4 is 9.64 Å². The molecule has 2 saturated heterocycles. The quantitative estimate of drug-likeness (QED) is 0.624. The van der Waals surface area contributed by atoms with E-state index in [1.807, 2.05) is 24.3 Å². The molecule has 0 bridgehead atoms. The number of imide groups is 1. The van der Waals surface area contributed by atoms with E-state index in [2.05, 4.69) is 41.0 Å². The summed E-state index contributed by atoms with van der Waals surface area (Å²) in [6, 6.07) is 16.3. The van der Waals surface area contributed by atoms with Crippen LogP contribution in [0.4, 0.5) is 5.69 Å². The van der Waals surface area contributed by atoms with Gasteiger partial charge in [0.15, 0.2) is 0 Å². The maximum Gasteiger partial charge on any atom is 0.229 e. The van der Waals surface area contributed by atoms with Crippen molar-refractivity contribution >= 4 is 17.5 Å². The fourth-order valence-electron chi connectivity index (χ4n) is 4.72. The zero-order valence-electron chi connectivity index (χ0n) is 19.1. The molecule has 0 atom stereocenters. The normalized spacial score (nSPS) is 18.3. The van der Waals surface area contributed by atoms with Crippen LogP contribution in [0.25, 0.3) is 0 Å². The first kappa shape index (κ1) is 22.3. The highest BCUT2D eigenvalue weighted by Crippen LogP contribution is 2.30. The van der Waals surface area contributed by atoms with Gasteiger partial charge in [-0.15, -0.1) is 0 Å². The second-order valence-corrected chi connectivity index (χ2v) is 8.84. The number of hydrogen-bond acceptors (Lipinski definition) is 5. The maximum absolute atomic E-state index is 12.7. The lowest BCUT2D eigenvalue weighted by Crippen LogP contribution is -2.48. The molecule has 170 valence electrons. The van der Waals surface area contributed by atoms with Gasteiger partial charge < -0.3 is 9.64 Å². The smallest absolute Gasteiger partial charge is 0.229 e. The number of hydrogen-bond donors (Lipinski definition) is 0. The Morgan fingerprint density at radius 3 is 2.22 bits per heavy atom. The third-order valence-electron chi connectivity index (χ3n) is 6.63. The summed E-state index contributed by atoms with van der Waals surface area (Å²) in [7, 11) is 1.63. The maximum atomic E-state index is 12.7. The van der Waals surface area contributed by atoms with Crippen molar-refractivity contribution in [2.75, 3.05) is 51.3 Å². The zero-order chi connectivity index (χ0) is 22.5. The summed E-state index contributed by atoms with van der Waals surface area (Å²) < 4.78 is 5.19. The summed E-state index contributed by atoms with van der Waals surface area (Å²) in [4.78, 5) is 31.7. The lowest BCUT2D eigenvalue weighted by Gasteiger charge is -2.36. The van der Waals surface area contributed by atoms with E-state index in [1.165, 1.54) is 16.2 Å². The zero-order valence-corrected chi connectivity index (χ0v) is 19.1. The van der Waals surface area contributed by atoms with Gasteiger partial charge in [-0.1, -0.05) is 24.3 Å². The first-order valence-corrected chi connectivity index (χ1v) is 11.5. The van der Waals surface area contributed by atoms with Crippen LogP contribution >= 0.6 is 0 Å².